The fourth-order valence-corrected chi connectivity index (χ4v) is 4.30. The fourth-order valence-electron chi connectivity index (χ4n) is 3.43. The summed E-state index contributed by atoms with van der Waals surface area (Å²) in [6.45, 7) is 2.21. The Morgan fingerprint density at radius 2 is 2.00 bits per heavy atom. The Bertz CT molecular complexity index is 857. The zero-order valence-electron chi connectivity index (χ0n) is 16.6. The van der Waals surface area contributed by atoms with Crippen molar-refractivity contribution in [2.45, 2.75) is 50.1 Å². The molecule has 0 aromatic carbocycles. The number of aromatic nitrogens is 2. The van der Waals surface area contributed by atoms with Crippen molar-refractivity contribution in [3.05, 3.63) is 11.8 Å². The minimum atomic E-state index is -4.73. The van der Waals surface area contributed by atoms with Crippen LogP contribution in [0.15, 0.2) is 6.20 Å². The summed E-state index contributed by atoms with van der Waals surface area (Å²) >= 11 is 0. The first-order valence-electron chi connectivity index (χ1n) is 9.49. The lowest BCUT2D eigenvalue weighted by atomic mass is 9.95. The number of piperidine rings is 1. The van der Waals surface area contributed by atoms with Gasteiger partial charge in [0.25, 0.3) is 0 Å². The number of nitrogens with zero attached hydrogens (tertiary/aromatic N) is 3. The van der Waals surface area contributed by atoms with Gasteiger partial charge >= 0.3 is 6.18 Å². The van der Waals surface area contributed by atoms with Crippen molar-refractivity contribution in [1.29, 1.82) is 0 Å². The summed E-state index contributed by atoms with van der Waals surface area (Å²) in [4.78, 5) is 7.67. The van der Waals surface area contributed by atoms with Gasteiger partial charge in [-0.15, -0.1) is 0 Å². The second-order valence-corrected chi connectivity index (χ2v) is 9.78. The number of alkyl halides is 3. The average molecular weight is 454 g/mol. The van der Waals surface area contributed by atoms with Crippen molar-refractivity contribution in [1.82, 2.24) is 14.3 Å². The normalized spacial score (nSPS) is 27.1. The lowest BCUT2D eigenvalue weighted by Gasteiger charge is -2.36. The molecule has 0 bridgehead atoms. The average Bonchev–Trinajstić information content (AvgIpc) is 2.62. The Morgan fingerprint density at radius 3 is 2.57 bits per heavy atom. The summed E-state index contributed by atoms with van der Waals surface area (Å²) in [5.74, 6) is -0.719. The maximum atomic E-state index is 13.4. The number of aliphatic hydroxyl groups is 1. The zero-order chi connectivity index (χ0) is 22.2. The molecule has 2 unspecified atom stereocenters. The molecule has 2 atom stereocenters. The number of sulfonamides is 1. The van der Waals surface area contributed by atoms with E-state index in [0.29, 0.717) is 32.1 Å². The molecule has 1 aromatic heterocycles. The van der Waals surface area contributed by atoms with Gasteiger partial charge in [0, 0.05) is 31.7 Å². The summed E-state index contributed by atoms with van der Waals surface area (Å²) in [6.07, 6.45) is -2.75. The summed E-state index contributed by atoms with van der Waals surface area (Å²) in [6, 6.07) is -0.196. The quantitative estimate of drug-likeness (QED) is 0.684. The third-order valence-electron chi connectivity index (χ3n) is 5.18. The third kappa shape index (κ3) is 5.50. The van der Waals surface area contributed by atoms with Crippen LogP contribution in [0.1, 0.15) is 31.7 Å². The molecule has 2 aliphatic heterocycles. The highest BCUT2D eigenvalue weighted by molar-refractivity contribution is 7.88. The van der Waals surface area contributed by atoms with Crippen LogP contribution in [0.5, 0.6) is 5.88 Å². The molecule has 0 radical (unpaired) electrons. The highest BCUT2D eigenvalue weighted by Crippen LogP contribution is 2.37. The van der Waals surface area contributed by atoms with Gasteiger partial charge in [-0.05, 0) is 19.8 Å². The van der Waals surface area contributed by atoms with Gasteiger partial charge in [0.15, 0.2) is 0 Å². The van der Waals surface area contributed by atoms with Crippen LogP contribution in [-0.4, -0.2) is 78.1 Å². The van der Waals surface area contributed by atoms with Gasteiger partial charge in [0.1, 0.15) is 17.3 Å². The van der Waals surface area contributed by atoms with E-state index >= 15 is 0 Å². The second-order valence-electron chi connectivity index (χ2n) is 7.80. The summed E-state index contributed by atoms with van der Waals surface area (Å²) in [7, 11) is -3.28. The first-order valence-corrected chi connectivity index (χ1v) is 11.3. The molecule has 2 aliphatic rings. The highest BCUT2D eigenvalue weighted by atomic mass is 32.2. The van der Waals surface area contributed by atoms with Gasteiger partial charge < -0.3 is 19.9 Å². The minimum Gasteiger partial charge on any atom is -0.471 e. The van der Waals surface area contributed by atoms with Crippen LogP contribution in [0.2, 0.25) is 0 Å². The van der Waals surface area contributed by atoms with Crippen LogP contribution in [0, 0.1) is 0 Å². The molecule has 30 heavy (non-hydrogen) atoms. The van der Waals surface area contributed by atoms with Gasteiger partial charge in [0.2, 0.25) is 21.9 Å². The van der Waals surface area contributed by atoms with Crippen molar-refractivity contribution in [3.63, 3.8) is 0 Å². The molecule has 170 valence electrons. The van der Waals surface area contributed by atoms with E-state index in [-0.39, 0.29) is 31.6 Å². The number of halogens is 3. The van der Waals surface area contributed by atoms with Gasteiger partial charge in [-0.25, -0.2) is 17.7 Å². The van der Waals surface area contributed by atoms with Crippen molar-refractivity contribution in [2.75, 3.05) is 37.9 Å². The fraction of sp³-hybridized carbons (Fsp3) is 0.765. The smallest absolute Gasteiger partial charge is 0.423 e. The molecule has 0 spiro atoms. The summed E-state index contributed by atoms with van der Waals surface area (Å²) < 4.78 is 75.4. The molecular weight excluding hydrogens is 429 g/mol. The van der Waals surface area contributed by atoms with Crippen LogP contribution in [-0.2, 0) is 20.9 Å². The standard InChI is InChI=1S/C17H25F3N4O5S/c1-16(25)10-28-8-5-13(16)29-14-12(17(18,19)20)9-21-15(23-14)22-11-3-6-24(7-4-11)30(2,26)27/h9,11,13,25H,3-8,10H2,1-2H3,(H,21,22,23). The number of anilines is 1. The molecular formula is C17H25F3N4O5S. The van der Waals surface area contributed by atoms with Crippen molar-refractivity contribution in [2.24, 2.45) is 0 Å². The minimum absolute atomic E-state index is 0.0532. The van der Waals surface area contributed by atoms with E-state index in [1.807, 2.05) is 0 Å². The van der Waals surface area contributed by atoms with E-state index < -0.39 is 39.3 Å². The Balaban J connectivity index is 1.76. The Kier molecular flexibility index (Phi) is 6.46. The van der Waals surface area contributed by atoms with E-state index in [1.54, 1.807) is 0 Å². The second kappa shape index (κ2) is 8.44. The van der Waals surface area contributed by atoms with Gasteiger partial charge in [-0.2, -0.15) is 18.2 Å². The number of nitrogens with one attached hydrogen (secondary N) is 1. The zero-order valence-corrected chi connectivity index (χ0v) is 17.5. The molecule has 0 saturated carbocycles. The molecule has 3 heterocycles. The Morgan fingerprint density at radius 1 is 1.33 bits per heavy atom. The topological polar surface area (TPSA) is 114 Å². The monoisotopic (exact) mass is 454 g/mol. The lowest BCUT2D eigenvalue weighted by Crippen LogP contribution is -2.51. The highest BCUT2D eigenvalue weighted by Gasteiger charge is 2.41. The molecule has 0 amide bonds. The van der Waals surface area contributed by atoms with Crippen molar-refractivity contribution >= 4 is 16.0 Å². The third-order valence-corrected chi connectivity index (χ3v) is 6.48. The first-order chi connectivity index (χ1) is 13.9. The molecule has 2 N–H and O–H groups in total. The van der Waals surface area contributed by atoms with Gasteiger partial charge in [-0.3, -0.25) is 0 Å². The van der Waals surface area contributed by atoms with E-state index in [4.69, 9.17) is 9.47 Å². The number of hydrogen-bond acceptors (Lipinski definition) is 8. The SMILES string of the molecule is CC1(O)COCCC1Oc1nc(NC2CCN(S(C)(=O)=O)CC2)ncc1C(F)(F)F. The van der Waals surface area contributed by atoms with E-state index in [2.05, 4.69) is 15.3 Å². The Labute approximate surface area is 172 Å². The van der Waals surface area contributed by atoms with Gasteiger partial charge in [0.05, 0.1) is 19.5 Å². The van der Waals surface area contributed by atoms with Crippen LogP contribution >= 0.6 is 0 Å². The van der Waals surface area contributed by atoms with Crippen LogP contribution in [0.25, 0.3) is 0 Å². The van der Waals surface area contributed by atoms with E-state index in [9.17, 15) is 26.7 Å². The van der Waals surface area contributed by atoms with Crippen LogP contribution in [0.4, 0.5) is 19.1 Å². The maximum absolute atomic E-state index is 13.4. The predicted octanol–water partition coefficient (Wildman–Crippen LogP) is 1.25. The van der Waals surface area contributed by atoms with Crippen LogP contribution < -0.4 is 10.1 Å². The molecule has 1 aromatic rings. The van der Waals surface area contributed by atoms with E-state index in [1.165, 1.54) is 11.2 Å². The summed E-state index contributed by atoms with van der Waals surface area (Å²) in [5, 5.41) is 13.3. The molecule has 9 nitrogen and oxygen atoms in total. The van der Waals surface area contributed by atoms with E-state index in [0.717, 1.165) is 6.26 Å². The largest absolute Gasteiger partial charge is 0.471 e. The Hall–Kier alpha value is -1.70. The first kappa shape index (κ1) is 23.0. The number of ether oxygens (including phenoxy) is 2. The van der Waals surface area contributed by atoms with Gasteiger partial charge in [-0.1, -0.05) is 0 Å². The van der Waals surface area contributed by atoms with Crippen LogP contribution in [0.3, 0.4) is 0 Å². The number of rotatable bonds is 5. The molecule has 2 fully saturated rings. The van der Waals surface area contributed by atoms with Crippen molar-refractivity contribution in [3.8, 4) is 5.88 Å². The van der Waals surface area contributed by atoms with Crippen molar-refractivity contribution < 1.29 is 36.2 Å². The molecule has 0 aliphatic carbocycles. The predicted molar refractivity (Wildman–Crippen MR) is 101 cm³/mol. The molecule has 2 saturated heterocycles. The molecule has 3 rings (SSSR count). The lowest BCUT2D eigenvalue weighted by molar-refractivity contribution is -0.152. The summed E-state index contributed by atoms with van der Waals surface area (Å²) in [5.41, 5.74) is -2.60. The molecule has 13 heteroatoms. The number of hydrogen-bond donors (Lipinski definition) is 2. The maximum Gasteiger partial charge on any atom is 0.423 e.